The van der Waals surface area contributed by atoms with Crippen LogP contribution in [-0.4, -0.2) is 75.2 Å². The molecule has 0 aliphatic carbocycles. The Morgan fingerprint density at radius 3 is 2.35 bits per heavy atom. The molecule has 0 radical (unpaired) electrons. The molecule has 7 nitrogen and oxygen atoms in total. The van der Waals surface area contributed by atoms with Crippen LogP contribution in [0.5, 0.6) is 5.88 Å². The van der Waals surface area contributed by atoms with Crippen molar-refractivity contribution in [2.75, 3.05) is 46.5 Å². The van der Waals surface area contributed by atoms with Gasteiger partial charge in [-0.25, -0.2) is 13.4 Å². The van der Waals surface area contributed by atoms with Gasteiger partial charge >= 0.3 is 0 Å². The largest absolute Gasteiger partial charge is 0.481 e. The Bertz CT molecular complexity index is 750. The molecule has 0 saturated carbocycles. The van der Waals surface area contributed by atoms with E-state index < -0.39 is 10.0 Å². The fourth-order valence-electron chi connectivity index (χ4n) is 4.58. The molecule has 0 aromatic carbocycles. The minimum absolute atomic E-state index is 0.291. The first-order valence-electron chi connectivity index (χ1n) is 9.32. The Balaban J connectivity index is 1.45. The van der Waals surface area contributed by atoms with E-state index in [9.17, 15) is 8.42 Å². The van der Waals surface area contributed by atoms with E-state index in [1.54, 1.807) is 23.4 Å². The molecule has 0 bridgehead atoms. The van der Waals surface area contributed by atoms with Crippen molar-refractivity contribution in [3.8, 4) is 5.88 Å². The summed E-state index contributed by atoms with van der Waals surface area (Å²) >= 11 is 0. The summed E-state index contributed by atoms with van der Waals surface area (Å²) < 4.78 is 38.4. The Morgan fingerprint density at radius 2 is 1.77 bits per heavy atom. The number of methoxy groups -OCH3 is 1. The van der Waals surface area contributed by atoms with Crippen molar-refractivity contribution in [3.05, 3.63) is 17.8 Å². The predicted octanol–water partition coefficient (Wildman–Crippen LogP) is 1.13. The molecule has 0 amide bonds. The molecule has 0 N–H and O–H groups in total. The van der Waals surface area contributed by atoms with Crippen LogP contribution in [0.15, 0.2) is 17.0 Å². The second-order valence-electron chi connectivity index (χ2n) is 7.58. The maximum absolute atomic E-state index is 13.1. The lowest BCUT2D eigenvalue weighted by atomic mass is 10.0. The number of aryl methyl sites for hydroxylation is 1. The van der Waals surface area contributed by atoms with Crippen molar-refractivity contribution >= 4 is 10.0 Å². The Kier molecular flexibility index (Phi) is 4.94. The number of likely N-dealkylation sites (tertiary alicyclic amines) is 1. The van der Waals surface area contributed by atoms with Crippen molar-refractivity contribution < 1.29 is 17.9 Å². The van der Waals surface area contributed by atoms with E-state index in [1.807, 2.05) is 0 Å². The van der Waals surface area contributed by atoms with E-state index in [1.165, 1.54) is 7.11 Å². The Hall–Kier alpha value is -1.22. The summed E-state index contributed by atoms with van der Waals surface area (Å²) in [6.45, 7) is 6.64. The number of sulfonamides is 1. The lowest BCUT2D eigenvalue weighted by Gasteiger charge is -2.32. The lowest BCUT2D eigenvalue weighted by molar-refractivity contribution is 0.0393. The van der Waals surface area contributed by atoms with Gasteiger partial charge in [-0.1, -0.05) is 0 Å². The fraction of sp³-hybridized carbons (Fsp3) is 0.722. The van der Waals surface area contributed by atoms with Gasteiger partial charge in [0.25, 0.3) is 0 Å². The maximum atomic E-state index is 13.1. The number of nitrogens with zero attached hydrogens (tertiary/aromatic N) is 3. The number of rotatable bonds is 4. The average Bonchev–Trinajstić information content (AvgIpc) is 3.21. The topological polar surface area (TPSA) is 72.0 Å². The molecule has 2 atom stereocenters. The molecule has 1 aromatic heterocycles. The number of pyridine rings is 1. The summed E-state index contributed by atoms with van der Waals surface area (Å²) in [5, 5.41) is 0. The second kappa shape index (κ2) is 7.07. The standard InChI is InChI=1S/C18H27N3O4S/c1-13-17(3-4-18(19-13)24-2)26(22,23)21-11-14-9-20(10-15(14)12-21)16-5-7-25-8-6-16/h3-4,14-16H,5-12H2,1-2H3/t14-,15+. The number of aromatic nitrogens is 1. The minimum Gasteiger partial charge on any atom is -0.481 e. The highest BCUT2D eigenvalue weighted by atomic mass is 32.2. The molecule has 8 heteroatoms. The summed E-state index contributed by atoms with van der Waals surface area (Å²) in [5.41, 5.74) is 0.491. The van der Waals surface area contributed by atoms with E-state index in [2.05, 4.69) is 9.88 Å². The zero-order valence-electron chi connectivity index (χ0n) is 15.4. The smallest absolute Gasteiger partial charge is 0.244 e. The van der Waals surface area contributed by atoms with Crippen LogP contribution < -0.4 is 4.74 Å². The van der Waals surface area contributed by atoms with Crippen molar-refractivity contribution in [2.45, 2.75) is 30.7 Å². The molecule has 4 heterocycles. The SMILES string of the molecule is COc1ccc(S(=O)(=O)N2C[C@H]3CN(C4CCOCC4)C[C@H]3C2)c(C)n1. The fourth-order valence-corrected chi connectivity index (χ4v) is 6.29. The van der Waals surface area contributed by atoms with Gasteiger partial charge in [0.15, 0.2) is 0 Å². The first-order chi connectivity index (χ1) is 12.5. The van der Waals surface area contributed by atoms with Crippen LogP contribution >= 0.6 is 0 Å². The molecule has 1 aromatic rings. The van der Waals surface area contributed by atoms with E-state index >= 15 is 0 Å². The van der Waals surface area contributed by atoms with Crippen molar-refractivity contribution in [1.82, 2.24) is 14.2 Å². The third kappa shape index (κ3) is 3.24. The van der Waals surface area contributed by atoms with Gasteiger partial charge in [0.05, 0.1) is 12.8 Å². The monoisotopic (exact) mass is 381 g/mol. The molecular weight excluding hydrogens is 354 g/mol. The molecule has 0 unspecified atom stereocenters. The van der Waals surface area contributed by atoms with Crippen LogP contribution in [0.25, 0.3) is 0 Å². The number of fused-ring (bicyclic) bond motifs is 1. The summed E-state index contributed by atoms with van der Waals surface area (Å²) in [6.07, 6.45) is 2.19. The van der Waals surface area contributed by atoms with Crippen LogP contribution in [-0.2, 0) is 14.8 Å². The molecule has 3 aliphatic rings. The quantitative estimate of drug-likeness (QED) is 0.779. The molecule has 3 aliphatic heterocycles. The highest BCUT2D eigenvalue weighted by Crippen LogP contribution is 2.36. The maximum Gasteiger partial charge on any atom is 0.244 e. The van der Waals surface area contributed by atoms with E-state index in [4.69, 9.17) is 9.47 Å². The summed E-state index contributed by atoms with van der Waals surface area (Å²) in [6, 6.07) is 3.83. The van der Waals surface area contributed by atoms with Crippen LogP contribution in [0.2, 0.25) is 0 Å². The third-order valence-electron chi connectivity index (χ3n) is 6.03. The second-order valence-corrected chi connectivity index (χ2v) is 9.48. The van der Waals surface area contributed by atoms with Crippen molar-refractivity contribution in [3.63, 3.8) is 0 Å². The highest BCUT2D eigenvalue weighted by Gasteiger charge is 2.46. The zero-order chi connectivity index (χ0) is 18.3. The van der Waals surface area contributed by atoms with Crippen molar-refractivity contribution in [2.24, 2.45) is 11.8 Å². The molecule has 4 rings (SSSR count). The van der Waals surface area contributed by atoms with Gasteiger partial charge in [0, 0.05) is 51.5 Å². The molecule has 0 spiro atoms. The van der Waals surface area contributed by atoms with E-state index in [0.717, 1.165) is 39.1 Å². The van der Waals surface area contributed by atoms with E-state index in [-0.39, 0.29) is 0 Å². The first kappa shape index (κ1) is 18.2. The Labute approximate surface area is 155 Å². The normalized spacial score (nSPS) is 28.4. The van der Waals surface area contributed by atoms with Gasteiger partial charge in [-0.2, -0.15) is 4.31 Å². The number of ether oxygens (including phenoxy) is 2. The van der Waals surface area contributed by atoms with Crippen LogP contribution in [0.1, 0.15) is 18.5 Å². The summed E-state index contributed by atoms with van der Waals surface area (Å²) in [5.74, 6) is 1.30. The number of hydrogen-bond donors (Lipinski definition) is 0. The summed E-state index contributed by atoms with van der Waals surface area (Å²) in [4.78, 5) is 7.08. The first-order valence-corrected chi connectivity index (χ1v) is 10.8. The number of hydrogen-bond acceptors (Lipinski definition) is 6. The van der Waals surface area contributed by atoms with Gasteiger partial charge < -0.3 is 9.47 Å². The van der Waals surface area contributed by atoms with Crippen LogP contribution in [0.3, 0.4) is 0 Å². The average molecular weight is 381 g/mol. The molecular formula is C18H27N3O4S. The van der Waals surface area contributed by atoms with Gasteiger partial charge in [-0.15, -0.1) is 0 Å². The molecule has 26 heavy (non-hydrogen) atoms. The predicted molar refractivity (Wildman–Crippen MR) is 96.7 cm³/mol. The minimum atomic E-state index is -3.50. The van der Waals surface area contributed by atoms with Gasteiger partial charge in [-0.05, 0) is 37.7 Å². The molecule has 144 valence electrons. The van der Waals surface area contributed by atoms with Gasteiger partial charge in [0.2, 0.25) is 15.9 Å². The van der Waals surface area contributed by atoms with Crippen LogP contribution in [0.4, 0.5) is 0 Å². The molecule has 3 saturated heterocycles. The third-order valence-corrected chi connectivity index (χ3v) is 7.99. The Morgan fingerprint density at radius 1 is 1.12 bits per heavy atom. The van der Waals surface area contributed by atoms with Crippen molar-refractivity contribution in [1.29, 1.82) is 0 Å². The zero-order valence-corrected chi connectivity index (χ0v) is 16.2. The van der Waals surface area contributed by atoms with Gasteiger partial charge in [0.1, 0.15) is 4.90 Å². The van der Waals surface area contributed by atoms with Crippen LogP contribution in [0, 0.1) is 18.8 Å². The lowest BCUT2D eigenvalue weighted by Crippen LogP contribution is -2.40. The van der Waals surface area contributed by atoms with Gasteiger partial charge in [-0.3, -0.25) is 4.90 Å². The van der Waals surface area contributed by atoms with E-state index in [0.29, 0.717) is 47.4 Å². The summed E-state index contributed by atoms with van der Waals surface area (Å²) in [7, 11) is -1.97. The molecule has 3 fully saturated rings. The highest BCUT2D eigenvalue weighted by molar-refractivity contribution is 7.89.